The molecule has 4 heteroatoms. The third kappa shape index (κ3) is 1.67. The summed E-state index contributed by atoms with van der Waals surface area (Å²) in [6, 6.07) is 4.07. The van der Waals surface area contributed by atoms with Crippen LogP contribution in [-0.2, 0) is 0 Å². The maximum atomic E-state index is 5.82. The van der Waals surface area contributed by atoms with E-state index in [0.717, 1.165) is 20.5 Å². The fraction of sp³-hybridized carbons (Fsp3) is 0.100. The fourth-order valence-corrected chi connectivity index (χ4v) is 2.86. The molecule has 0 aliphatic rings. The van der Waals surface area contributed by atoms with Gasteiger partial charge in [-0.2, -0.15) is 0 Å². The average Bonchev–Trinajstić information content (AvgIpc) is 2.56. The topological polar surface area (TPSA) is 38.9 Å². The highest BCUT2D eigenvalue weighted by atomic mass is 79.9. The van der Waals surface area contributed by atoms with Crippen molar-refractivity contribution in [2.24, 2.45) is 0 Å². The molecule has 0 aliphatic carbocycles. The van der Waals surface area contributed by atoms with Gasteiger partial charge in [0.2, 0.25) is 0 Å². The molecule has 0 saturated heterocycles. The number of aryl methyl sites for hydroxylation is 1. The Morgan fingerprint density at radius 2 is 2.29 bits per heavy atom. The number of pyridine rings is 1. The van der Waals surface area contributed by atoms with Crippen molar-refractivity contribution in [1.82, 2.24) is 4.98 Å². The van der Waals surface area contributed by atoms with Gasteiger partial charge in [-0.15, -0.1) is 11.3 Å². The standard InChI is InChI=1S/C10H9BrN2S/c1-6-4-7(10(12)13-5-6)9-8(11)2-3-14-9/h2-5H,1H3,(H2,12,13). The number of nitrogen functional groups attached to an aromatic ring is 1. The summed E-state index contributed by atoms with van der Waals surface area (Å²) in [7, 11) is 0. The molecular weight excluding hydrogens is 260 g/mol. The van der Waals surface area contributed by atoms with Gasteiger partial charge in [0.05, 0.1) is 4.88 Å². The van der Waals surface area contributed by atoms with Crippen LogP contribution in [0.25, 0.3) is 10.4 Å². The van der Waals surface area contributed by atoms with Gasteiger partial charge in [-0.3, -0.25) is 0 Å². The highest BCUT2D eigenvalue weighted by Gasteiger charge is 2.08. The molecule has 2 N–H and O–H groups in total. The van der Waals surface area contributed by atoms with Crippen molar-refractivity contribution in [2.45, 2.75) is 6.92 Å². The zero-order valence-electron chi connectivity index (χ0n) is 7.62. The van der Waals surface area contributed by atoms with Gasteiger partial charge in [-0.05, 0) is 45.9 Å². The first-order chi connectivity index (χ1) is 6.68. The van der Waals surface area contributed by atoms with Crippen molar-refractivity contribution in [1.29, 1.82) is 0 Å². The molecular formula is C10H9BrN2S. The first-order valence-electron chi connectivity index (χ1n) is 4.14. The summed E-state index contributed by atoms with van der Waals surface area (Å²) >= 11 is 5.15. The van der Waals surface area contributed by atoms with Crippen molar-refractivity contribution in [2.75, 3.05) is 5.73 Å². The third-order valence-electron chi connectivity index (χ3n) is 1.92. The Kier molecular flexibility index (Phi) is 2.56. The quantitative estimate of drug-likeness (QED) is 0.861. The molecule has 14 heavy (non-hydrogen) atoms. The fourth-order valence-electron chi connectivity index (χ4n) is 1.25. The van der Waals surface area contributed by atoms with Crippen LogP contribution in [0.2, 0.25) is 0 Å². The van der Waals surface area contributed by atoms with Crippen molar-refractivity contribution < 1.29 is 0 Å². The second-order valence-corrected chi connectivity index (χ2v) is 4.81. The summed E-state index contributed by atoms with van der Waals surface area (Å²) in [6.07, 6.45) is 1.78. The minimum atomic E-state index is 0.582. The largest absolute Gasteiger partial charge is 0.383 e. The highest BCUT2D eigenvalue weighted by Crippen LogP contribution is 2.36. The van der Waals surface area contributed by atoms with Crippen LogP contribution >= 0.6 is 27.3 Å². The number of rotatable bonds is 1. The lowest BCUT2D eigenvalue weighted by Crippen LogP contribution is -1.93. The van der Waals surface area contributed by atoms with Gasteiger partial charge in [-0.25, -0.2) is 4.98 Å². The molecule has 0 saturated carbocycles. The van der Waals surface area contributed by atoms with Crippen LogP contribution < -0.4 is 5.73 Å². The van der Waals surface area contributed by atoms with Crippen LogP contribution in [0.5, 0.6) is 0 Å². The zero-order valence-corrected chi connectivity index (χ0v) is 10.0. The minimum Gasteiger partial charge on any atom is -0.383 e. The molecule has 0 radical (unpaired) electrons. The molecule has 0 atom stereocenters. The monoisotopic (exact) mass is 268 g/mol. The van der Waals surface area contributed by atoms with Crippen LogP contribution in [0.3, 0.4) is 0 Å². The Morgan fingerprint density at radius 1 is 1.50 bits per heavy atom. The molecule has 2 aromatic heterocycles. The van der Waals surface area contributed by atoms with E-state index in [2.05, 4.69) is 27.0 Å². The van der Waals surface area contributed by atoms with E-state index in [0.29, 0.717) is 5.82 Å². The van der Waals surface area contributed by atoms with E-state index in [1.807, 2.05) is 18.4 Å². The third-order valence-corrected chi connectivity index (χ3v) is 3.79. The first kappa shape index (κ1) is 9.68. The first-order valence-corrected chi connectivity index (χ1v) is 5.81. The number of thiophene rings is 1. The predicted octanol–water partition coefficient (Wildman–Crippen LogP) is 3.46. The van der Waals surface area contributed by atoms with Gasteiger partial charge in [0.25, 0.3) is 0 Å². The van der Waals surface area contributed by atoms with E-state index in [4.69, 9.17) is 5.73 Å². The predicted molar refractivity (Wildman–Crippen MR) is 64.4 cm³/mol. The Balaban J connectivity index is 2.62. The molecule has 2 rings (SSSR count). The van der Waals surface area contributed by atoms with Crippen molar-refractivity contribution in [3.05, 3.63) is 33.7 Å². The number of hydrogen-bond donors (Lipinski definition) is 1. The summed E-state index contributed by atoms with van der Waals surface area (Å²) in [5, 5.41) is 2.03. The normalized spacial score (nSPS) is 10.4. The van der Waals surface area contributed by atoms with Crippen LogP contribution in [0.1, 0.15) is 5.56 Å². The second kappa shape index (κ2) is 3.71. The lowest BCUT2D eigenvalue weighted by Gasteiger charge is -2.03. The Labute approximate surface area is 94.9 Å². The molecule has 2 nitrogen and oxygen atoms in total. The van der Waals surface area contributed by atoms with Gasteiger partial charge < -0.3 is 5.73 Å². The van der Waals surface area contributed by atoms with Crippen molar-refractivity contribution in [3.63, 3.8) is 0 Å². The molecule has 2 aromatic rings. The van der Waals surface area contributed by atoms with Gasteiger partial charge in [0.1, 0.15) is 5.82 Å². The SMILES string of the molecule is Cc1cnc(N)c(-c2sccc2Br)c1. The summed E-state index contributed by atoms with van der Waals surface area (Å²) < 4.78 is 1.07. The number of nitrogens with two attached hydrogens (primary N) is 1. The summed E-state index contributed by atoms with van der Waals surface area (Å²) in [5.74, 6) is 0.582. The molecule has 0 amide bonds. The van der Waals surface area contributed by atoms with Crippen LogP contribution in [0.15, 0.2) is 28.2 Å². The molecule has 2 heterocycles. The Morgan fingerprint density at radius 3 is 2.93 bits per heavy atom. The number of aromatic nitrogens is 1. The van der Waals surface area contributed by atoms with Crippen LogP contribution in [0.4, 0.5) is 5.82 Å². The molecule has 0 fully saturated rings. The molecule has 0 aromatic carbocycles. The average molecular weight is 269 g/mol. The lowest BCUT2D eigenvalue weighted by molar-refractivity contribution is 1.28. The number of hydrogen-bond acceptors (Lipinski definition) is 3. The van der Waals surface area contributed by atoms with E-state index in [-0.39, 0.29) is 0 Å². The molecule has 0 bridgehead atoms. The number of nitrogens with zero attached hydrogens (tertiary/aromatic N) is 1. The summed E-state index contributed by atoms with van der Waals surface area (Å²) in [6.45, 7) is 2.01. The second-order valence-electron chi connectivity index (χ2n) is 3.04. The number of halogens is 1. The Bertz CT molecular complexity index is 465. The van der Waals surface area contributed by atoms with Gasteiger partial charge in [0, 0.05) is 16.2 Å². The summed E-state index contributed by atoms with van der Waals surface area (Å²) in [5.41, 5.74) is 7.95. The van der Waals surface area contributed by atoms with Gasteiger partial charge in [-0.1, -0.05) is 0 Å². The smallest absolute Gasteiger partial charge is 0.132 e. The van der Waals surface area contributed by atoms with Crippen molar-refractivity contribution in [3.8, 4) is 10.4 Å². The van der Waals surface area contributed by atoms with Crippen LogP contribution in [-0.4, -0.2) is 4.98 Å². The van der Waals surface area contributed by atoms with Gasteiger partial charge in [0.15, 0.2) is 0 Å². The minimum absolute atomic E-state index is 0.582. The molecule has 0 aliphatic heterocycles. The number of anilines is 1. The highest BCUT2D eigenvalue weighted by molar-refractivity contribution is 9.10. The van der Waals surface area contributed by atoms with E-state index in [1.165, 1.54) is 0 Å². The Hall–Kier alpha value is -0.870. The maximum Gasteiger partial charge on any atom is 0.132 e. The van der Waals surface area contributed by atoms with E-state index in [9.17, 15) is 0 Å². The summed E-state index contributed by atoms with van der Waals surface area (Å²) in [4.78, 5) is 5.28. The maximum absolute atomic E-state index is 5.82. The van der Waals surface area contributed by atoms with E-state index in [1.54, 1.807) is 17.5 Å². The lowest BCUT2D eigenvalue weighted by atomic mass is 10.2. The van der Waals surface area contributed by atoms with Crippen LogP contribution in [0, 0.1) is 6.92 Å². The van der Waals surface area contributed by atoms with E-state index < -0.39 is 0 Å². The molecule has 72 valence electrons. The molecule has 0 spiro atoms. The molecule has 0 unspecified atom stereocenters. The van der Waals surface area contributed by atoms with E-state index >= 15 is 0 Å². The van der Waals surface area contributed by atoms with Gasteiger partial charge >= 0.3 is 0 Å². The zero-order chi connectivity index (χ0) is 10.1. The van der Waals surface area contributed by atoms with Crippen molar-refractivity contribution >= 4 is 33.1 Å².